The molecule has 2 aromatic heterocycles. The van der Waals surface area contributed by atoms with Gasteiger partial charge in [0, 0.05) is 37.7 Å². The van der Waals surface area contributed by atoms with Gasteiger partial charge in [-0.3, -0.25) is 23.8 Å². The topological polar surface area (TPSA) is 119 Å². The third-order valence-electron chi connectivity index (χ3n) is 4.46. The van der Waals surface area contributed by atoms with E-state index in [1.54, 1.807) is 25.6 Å². The Balaban J connectivity index is 2.24. The Morgan fingerprint density at radius 1 is 1.17 bits per heavy atom. The van der Waals surface area contributed by atoms with Crippen LogP contribution in [0.2, 0.25) is 0 Å². The number of aromatic amines is 2. The van der Waals surface area contributed by atoms with Crippen LogP contribution in [0.5, 0.6) is 0 Å². The second kappa shape index (κ2) is 5.55. The fourth-order valence-electron chi connectivity index (χ4n) is 3.20. The normalized spacial score (nSPS) is 12.6. The third kappa shape index (κ3) is 2.36. The zero-order valence-corrected chi connectivity index (χ0v) is 13.7. The van der Waals surface area contributed by atoms with Crippen LogP contribution < -0.4 is 17.0 Å². The fourth-order valence-corrected chi connectivity index (χ4v) is 3.20. The van der Waals surface area contributed by atoms with E-state index in [0.29, 0.717) is 11.3 Å². The number of aryl methyl sites for hydroxylation is 3. The highest BCUT2D eigenvalue weighted by Gasteiger charge is 2.24. The van der Waals surface area contributed by atoms with E-state index in [1.165, 1.54) is 4.57 Å². The van der Waals surface area contributed by atoms with Gasteiger partial charge in [0.05, 0.1) is 11.0 Å². The second-order valence-corrected chi connectivity index (χ2v) is 5.99. The van der Waals surface area contributed by atoms with Gasteiger partial charge in [0.25, 0.3) is 5.56 Å². The van der Waals surface area contributed by atoms with Gasteiger partial charge in [-0.15, -0.1) is 0 Å². The molecule has 0 saturated carbocycles. The summed E-state index contributed by atoms with van der Waals surface area (Å²) >= 11 is 0. The summed E-state index contributed by atoms with van der Waals surface area (Å²) in [4.78, 5) is 35.7. The Bertz CT molecular complexity index is 1050. The molecule has 8 nitrogen and oxygen atoms in total. The molecule has 0 fully saturated rings. The fraction of sp³-hybridized carbons (Fsp3) is 0.312. The summed E-state index contributed by atoms with van der Waals surface area (Å²) in [5, 5.41) is 5.30. The summed E-state index contributed by atoms with van der Waals surface area (Å²) in [5.41, 5.74) is 8.39. The molecule has 126 valence electrons. The lowest BCUT2D eigenvalue weighted by atomic mass is 9.88. The maximum absolute atomic E-state index is 12.1. The number of nitrogens with one attached hydrogen (secondary N) is 2. The van der Waals surface area contributed by atoms with Crippen LogP contribution in [0.3, 0.4) is 0 Å². The molecule has 8 heteroatoms. The first kappa shape index (κ1) is 15.9. The van der Waals surface area contributed by atoms with E-state index in [-0.39, 0.29) is 17.7 Å². The van der Waals surface area contributed by atoms with Crippen LogP contribution in [0.1, 0.15) is 29.2 Å². The summed E-state index contributed by atoms with van der Waals surface area (Å²) in [6.07, 6.45) is 0.00800. The number of nitrogens with two attached hydrogens (primary N) is 1. The molecule has 3 rings (SSSR count). The summed E-state index contributed by atoms with van der Waals surface area (Å²) < 4.78 is 3.09. The molecule has 4 N–H and O–H groups in total. The number of fused-ring (bicyclic) bond motifs is 1. The van der Waals surface area contributed by atoms with Crippen molar-refractivity contribution in [3.8, 4) is 0 Å². The van der Waals surface area contributed by atoms with Crippen LogP contribution in [0.15, 0.2) is 27.8 Å². The van der Waals surface area contributed by atoms with Crippen LogP contribution in [0.4, 0.5) is 0 Å². The van der Waals surface area contributed by atoms with E-state index >= 15 is 0 Å². The zero-order chi connectivity index (χ0) is 17.6. The van der Waals surface area contributed by atoms with Gasteiger partial charge in [0.15, 0.2) is 0 Å². The Labute approximate surface area is 136 Å². The number of H-pyrrole nitrogens is 2. The average Bonchev–Trinajstić information content (AvgIpc) is 2.98. The standard InChI is InChI=1S/C16H19N5O3/c1-8-14(15(23)19-18-8)10(7-13(17)22)9-4-5-11-12(6-9)21(3)16(24)20(11)2/h4-6,10H,7H2,1-3H3,(H2,17,22)(H2,18,19,23)/t10-/m0/s1. The van der Waals surface area contributed by atoms with Gasteiger partial charge in [-0.2, -0.15) is 0 Å². The molecule has 0 saturated heterocycles. The van der Waals surface area contributed by atoms with E-state index in [2.05, 4.69) is 10.2 Å². The van der Waals surface area contributed by atoms with Crippen molar-refractivity contribution in [3.05, 3.63) is 55.9 Å². The Kier molecular flexibility index (Phi) is 3.67. The number of aromatic nitrogens is 4. The molecular formula is C16H19N5O3. The van der Waals surface area contributed by atoms with Crippen LogP contribution in [0.25, 0.3) is 11.0 Å². The van der Waals surface area contributed by atoms with Crippen LogP contribution in [-0.4, -0.2) is 25.2 Å². The van der Waals surface area contributed by atoms with Crippen molar-refractivity contribution in [3.63, 3.8) is 0 Å². The summed E-state index contributed by atoms with van der Waals surface area (Å²) in [6, 6.07) is 5.47. The smallest absolute Gasteiger partial charge is 0.328 e. The van der Waals surface area contributed by atoms with Crippen molar-refractivity contribution in [2.75, 3.05) is 0 Å². The molecule has 1 amide bonds. The maximum Gasteiger partial charge on any atom is 0.328 e. The lowest BCUT2D eigenvalue weighted by molar-refractivity contribution is -0.118. The first-order valence-electron chi connectivity index (χ1n) is 7.52. The summed E-state index contributed by atoms with van der Waals surface area (Å²) in [5.74, 6) is -0.973. The lowest BCUT2D eigenvalue weighted by Gasteiger charge is -2.15. The van der Waals surface area contributed by atoms with E-state index in [1.807, 2.05) is 18.2 Å². The number of hydrogen-bond acceptors (Lipinski definition) is 3. The van der Waals surface area contributed by atoms with Crippen molar-refractivity contribution < 1.29 is 4.79 Å². The predicted octanol–water partition coefficient (Wildman–Crippen LogP) is 0.209. The van der Waals surface area contributed by atoms with Crippen molar-refractivity contribution >= 4 is 16.9 Å². The van der Waals surface area contributed by atoms with Crippen molar-refractivity contribution in [1.29, 1.82) is 0 Å². The van der Waals surface area contributed by atoms with Crippen LogP contribution in [-0.2, 0) is 18.9 Å². The Morgan fingerprint density at radius 3 is 2.42 bits per heavy atom. The zero-order valence-electron chi connectivity index (χ0n) is 13.7. The SMILES string of the molecule is Cc1[nH][nH]c(=O)c1[C@@H](CC(N)=O)c1ccc2c(c1)n(C)c(=O)n2C. The number of benzene rings is 1. The predicted molar refractivity (Wildman–Crippen MR) is 90.0 cm³/mol. The molecule has 0 unspecified atom stereocenters. The van der Waals surface area contributed by atoms with Gasteiger partial charge >= 0.3 is 5.69 Å². The van der Waals surface area contributed by atoms with E-state index in [4.69, 9.17) is 5.73 Å². The second-order valence-electron chi connectivity index (χ2n) is 5.99. The largest absolute Gasteiger partial charge is 0.370 e. The molecule has 2 heterocycles. The monoisotopic (exact) mass is 329 g/mol. The highest BCUT2D eigenvalue weighted by atomic mass is 16.2. The van der Waals surface area contributed by atoms with Crippen LogP contribution >= 0.6 is 0 Å². The Morgan fingerprint density at radius 2 is 1.83 bits per heavy atom. The van der Waals surface area contributed by atoms with Gasteiger partial charge in [0.1, 0.15) is 0 Å². The van der Waals surface area contributed by atoms with Crippen molar-refractivity contribution in [1.82, 2.24) is 19.3 Å². The first-order chi connectivity index (χ1) is 11.3. The van der Waals surface area contributed by atoms with Crippen LogP contribution in [0, 0.1) is 6.92 Å². The molecule has 0 bridgehead atoms. The number of rotatable bonds is 4. The number of carbonyl (C=O) groups is 1. The molecule has 0 aliphatic rings. The lowest BCUT2D eigenvalue weighted by Crippen LogP contribution is -2.20. The molecule has 1 atom stereocenters. The third-order valence-corrected chi connectivity index (χ3v) is 4.46. The van der Waals surface area contributed by atoms with E-state index in [9.17, 15) is 14.4 Å². The molecule has 0 radical (unpaired) electrons. The number of nitrogens with zero attached hydrogens (tertiary/aromatic N) is 2. The summed E-state index contributed by atoms with van der Waals surface area (Å²) in [6.45, 7) is 1.76. The molecule has 24 heavy (non-hydrogen) atoms. The average molecular weight is 329 g/mol. The highest BCUT2D eigenvalue weighted by molar-refractivity contribution is 5.79. The van der Waals surface area contributed by atoms with E-state index in [0.717, 1.165) is 16.6 Å². The number of amides is 1. The van der Waals surface area contributed by atoms with Crippen molar-refractivity contribution in [2.24, 2.45) is 19.8 Å². The molecular weight excluding hydrogens is 310 g/mol. The van der Waals surface area contributed by atoms with Crippen molar-refractivity contribution in [2.45, 2.75) is 19.3 Å². The number of hydrogen-bond donors (Lipinski definition) is 3. The van der Waals surface area contributed by atoms with Gasteiger partial charge in [0.2, 0.25) is 5.91 Å². The first-order valence-corrected chi connectivity index (χ1v) is 7.52. The molecule has 0 aliphatic carbocycles. The van der Waals surface area contributed by atoms with E-state index < -0.39 is 11.8 Å². The van der Waals surface area contributed by atoms with Gasteiger partial charge in [-0.1, -0.05) is 6.07 Å². The maximum atomic E-state index is 12.1. The minimum Gasteiger partial charge on any atom is -0.370 e. The minimum absolute atomic E-state index is 0.00800. The number of primary amides is 1. The van der Waals surface area contributed by atoms with Gasteiger partial charge in [-0.25, -0.2) is 4.79 Å². The molecule has 3 aromatic rings. The molecule has 1 aromatic carbocycles. The van der Waals surface area contributed by atoms with Gasteiger partial charge < -0.3 is 10.8 Å². The number of imidazole rings is 1. The molecule has 0 spiro atoms. The number of carbonyl (C=O) groups excluding carboxylic acids is 1. The Hall–Kier alpha value is -3.03. The minimum atomic E-state index is -0.498. The quantitative estimate of drug-likeness (QED) is 0.635. The highest BCUT2D eigenvalue weighted by Crippen LogP contribution is 2.29. The molecule has 0 aliphatic heterocycles. The van der Waals surface area contributed by atoms with Gasteiger partial charge in [-0.05, 0) is 24.6 Å². The summed E-state index contributed by atoms with van der Waals surface area (Å²) in [7, 11) is 3.39.